The molecule has 1 N–H and O–H groups in total. The van der Waals surface area contributed by atoms with Crippen LogP contribution >= 0.6 is 23.2 Å². The molecule has 3 rings (SSSR count). The number of nitrogens with one attached hydrogen (secondary N) is 1. The quantitative estimate of drug-likeness (QED) is 0.711. The van der Waals surface area contributed by atoms with Crippen molar-refractivity contribution in [3.05, 3.63) is 46.4 Å². The summed E-state index contributed by atoms with van der Waals surface area (Å²) in [5.74, 6) is 1.81. The predicted octanol–water partition coefficient (Wildman–Crippen LogP) is 4.45. The molecular weight excluding hydrogens is 403 g/mol. The van der Waals surface area contributed by atoms with Gasteiger partial charge in [-0.05, 0) is 45.2 Å². The van der Waals surface area contributed by atoms with Gasteiger partial charge >= 0.3 is 0 Å². The average Bonchev–Trinajstić information content (AvgIpc) is 3.11. The fraction of sp³-hybridized carbons (Fsp3) is 0.350. The molecule has 2 unspecified atom stereocenters. The molecule has 0 fully saturated rings. The highest BCUT2D eigenvalue weighted by atomic mass is 35.5. The van der Waals surface area contributed by atoms with Crippen LogP contribution in [0.25, 0.3) is 0 Å². The van der Waals surface area contributed by atoms with E-state index in [0.29, 0.717) is 39.5 Å². The summed E-state index contributed by atoms with van der Waals surface area (Å²) in [5.41, 5.74) is 0.662. The number of rotatable bonds is 7. The standard InChI is InChI=1S/C20H22Cl2N2O4/c1-12(28-15-5-6-16(21)17(22)9-15)10-24(3)13(2)20(25)23-14-4-7-18-19(8-14)27-11-26-18/h4-9,12-13H,10-11H2,1-3H3,(H,23,25). The summed E-state index contributed by atoms with van der Waals surface area (Å²) in [6.45, 7) is 4.52. The lowest BCUT2D eigenvalue weighted by atomic mass is 10.2. The maximum Gasteiger partial charge on any atom is 0.241 e. The number of carbonyl (C=O) groups excluding carboxylic acids is 1. The lowest BCUT2D eigenvalue weighted by Crippen LogP contribution is -2.43. The van der Waals surface area contributed by atoms with Gasteiger partial charge in [0.25, 0.3) is 0 Å². The minimum atomic E-state index is -0.356. The summed E-state index contributed by atoms with van der Waals surface area (Å²) in [4.78, 5) is 14.5. The summed E-state index contributed by atoms with van der Waals surface area (Å²) in [6.07, 6.45) is -0.150. The van der Waals surface area contributed by atoms with Gasteiger partial charge in [0, 0.05) is 24.4 Å². The molecule has 0 aromatic heterocycles. The lowest BCUT2D eigenvalue weighted by molar-refractivity contribution is -0.120. The van der Waals surface area contributed by atoms with Crippen LogP contribution in [0.5, 0.6) is 17.2 Å². The molecule has 0 spiro atoms. The molecule has 28 heavy (non-hydrogen) atoms. The van der Waals surface area contributed by atoms with Crippen molar-refractivity contribution < 1.29 is 19.0 Å². The fourth-order valence-electron chi connectivity index (χ4n) is 2.80. The summed E-state index contributed by atoms with van der Waals surface area (Å²) in [5, 5.41) is 3.82. The Morgan fingerprint density at radius 1 is 1.14 bits per heavy atom. The number of likely N-dealkylation sites (N-methyl/N-ethyl adjacent to an activating group) is 1. The van der Waals surface area contributed by atoms with Gasteiger partial charge < -0.3 is 19.5 Å². The Labute approximate surface area is 174 Å². The first kappa shape index (κ1) is 20.6. The Hall–Kier alpha value is -2.15. The van der Waals surface area contributed by atoms with Gasteiger partial charge in [-0.25, -0.2) is 0 Å². The monoisotopic (exact) mass is 424 g/mol. The maximum atomic E-state index is 12.6. The van der Waals surface area contributed by atoms with Crippen molar-refractivity contribution in [1.29, 1.82) is 0 Å². The zero-order valence-electron chi connectivity index (χ0n) is 15.9. The summed E-state index contributed by atoms with van der Waals surface area (Å²) >= 11 is 11.9. The Kier molecular flexibility index (Phi) is 6.54. The minimum absolute atomic E-state index is 0.122. The van der Waals surface area contributed by atoms with Gasteiger partial charge in [0.15, 0.2) is 11.5 Å². The lowest BCUT2D eigenvalue weighted by Gasteiger charge is -2.27. The van der Waals surface area contributed by atoms with Gasteiger partial charge in [0.05, 0.1) is 16.1 Å². The molecule has 1 amide bonds. The Bertz CT molecular complexity index is 862. The van der Waals surface area contributed by atoms with Crippen molar-refractivity contribution in [2.45, 2.75) is 26.0 Å². The number of halogens is 2. The van der Waals surface area contributed by atoms with Crippen molar-refractivity contribution in [2.24, 2.45) is 0 Å². The van der Waals surface area contributed by atoms with Gasteiger partial charge in [0.1, 0.15) is 11.9 Å². The van der Waals surface area contributed by atoms with E-state index in [1.54, 1.807) is 36.4 Å². The highest BCUT2D eigenvalue weighted by molar-refractivity contribution is 6.42. The highest BCUT2D eigenvalue weighted by Gasteiger charge is 2.21. The van der Waals surface area contributed by atoms with E-state index >= 15 is 0 Å². The maximum absolute atomic E-state index is 12.6. The van der Waals surface area contributed by atoms with E-state index in [1.165, 1.54) is 0 Å². The van der Waals surface area contributed by atoms with Crippen LogP contribution in [0.3, 0.4) is 0 Å². The van der Waals surface area contributed by atoms with Gasteiger partial charge in [-0.15, -0.1) is 0 Å². The largest absolute Gasteiger partial charge is 0.489 e. The van der Waals surface area contributed by atoms with Crippen molar-refractivity contribution in [2.75, 3.05) is 25.7 Å². The van der Waals surface area contributed by atoms with Crippen LogP contribution in [-0.2, 0) is 4.79 Å². The first-order chi connectivity index (χ1) is 13.3. The van der Waals surface area contributed by atoms with Gasteiger partial charge in [-0.3, -0.25) is 9.69 Å². The molecule has 0 saturated heterocycles. The van der Waals surface area contributed by atoms with Gasteiger partial charge in [-0.1, -0.05) is 23.2 Å². The van der Waals surface area contributed by atoms with Crippen LogP contribution < -0.4 is 19.5 Å². The van der Waals surface area contributed by atoms with Crippen molar-refractivity contribution in [1.82, 2.24) is 4.90 Å². The second-order valence-electron chi connectivity index (χ2n) is 6.68. The third kappa shape index (κ3) is 5.01. The van der Waals surface area contributed by atoms with E-state index in [4.69, 9.17) is 37.4 Å². The van der Waals surface area contributed by atoms with Crippen LogP contribution in [0.4, 0.5) is 5.69 Å². The summed E-state index contributed by atoms with van der Waals surface area (Å²) in [7, 11) is 1.87. The topological polar surface area (TPSA) is 60.0 Å². The molecule has 1 aliphatic heterocycles. The van der Waals surface area contributed by atoms with Crippen LogP contribution in [0.15, 0.2) is 36.4 Å². The number of hydrogen-bond acceptors (Lipinski definition) is 5. The van der Waals surface area contributed by atoms with Crippen LogP contribution in [0.1, 0.15) is 13.8 Å². The van der Waals surface area contributed by atoms with Crippen molar-refractivity contribution >= 4 is 34.8 Å². The fourth-order valence-corrected chi connectivity index (χ4v) is 3.09. The number of fused-ring (bicyclic) bond motifs is 1. The first-order valence-corrected chi connectivity index (χ1v) is 9.61. The van der Waals surface area contributed by atoms with Crippen LogP contribution in [0, 0.1) is 0 Å². The SMILES string of the molecule is CC(CN(C)C(C)C(=O)Nc1ccc2c(c1)OCO2)Oc1ccc(Cl)c(Cl)c1. The van der Waals surface area contributed by atoms with Crippen LogP contribution in [0.2, 0.25) is 10.0 Å². The third-order valence-electron chi connectivity index (χ3n) is 4.45. The van der Waals surface area contributed by atoms with Gasteiger partial charge in [-0.2, -0.15) is 0 Å². The van der Waals surface area contributed by atoms with E-state index in [0.717, 1.165) is 0 Å². The molecule has 0 aliphatic carbocycles. The predicted molar refractivity (Wildman–Crippen MR) is 110 cm³/mol. The molecule has 0 bridgehead atoms. The zero-order valence-corrected chi connectivity index (χ0v) is 17.4. The number of nitrogens with zero attached hydrogens (tertiary/aromatic N) is 1. The van der Waals surface area contributed by atoms with Gasteiger partial charge in [0.2, 0.25) is 12.7 Å². The van der Waals surface area contributed by atoms with Crippen molar-refractivity contribution in [3.63, 3.8) is 0 Å². The summed E-state index contributed by atoms with van der Waals surface area (Å²) in [6, 6.07) is 10.1. The van der Waals surface area contributed by atoms with Crippen molar-refractivity contribution in [3.8, 4) is 17.2 Å². The molecule has 150 valence electrons. The molecule has 1 heterocycles. The molecule has 0 radical (unpaired) electrons. The van der Waals surface area contributed by atoms with E-state index in [-0.39, 0.29) is 24.8 Å². The second kappa shape index (κ2) is 8.90. The molecule has 6 nitrogen and oxygen atoms in total. The van der Waals surface area contributed by atoms with E-state index in [9.17, 15) is 4.79 Å². The molecule has 8 heteroatoms. The molecular formula is C20H22Cl2N2O4. The van der Waals surface area contributed by atoms with E-state index in [1.807, 2.05) is 25.8 Å². The third-order valence-corrected chi connectivity index (χ3v) is 5.19. The second-order valence-corrected chi connectivity index (χ2v) is 7.49. The van der Waals surface area contributed by atoms with E-state index in [2.05, 4.69) is 5.32 Å². The number of benzene rings is 2. The average molecular weight is 425 g/mol. The Balaban J connectivity index is 1.53. The zero-order chi connectivity index (χ0) is 20.3. The number of ether oxygens (including phenoxy) is 3. The molecule has 1 aliphatic rings. The molecule has 2 aromatic rings. The Morgan fingerprint density at radius 3 is 2.64 bits per heavy atom. The molecule has 2 aromatic carbocycles. The van der Waals surface area contributed by atoms with Crippen LogP contribution in [-0.4, -0.2) is 43.3 Å². The molecule has 2 atom stereocenters. The number of carbonyl (C=O) groups is 1. The smallest absolute Gasteiger partial charge is 0.241 e. The number of anilines is 1. The normalized spacial score (nSPS) is 14.6. The summed E-state index contributed by atoms with van der Waals surface area (Å²) < 4.78 is 16.5. The Morgan fingerprint density at radius 2 is 1.89 bits per heavy atom. The highest BCUT2D eigenvalue weighted by Crippen LogP contribution is 2.34. The number of hydrogen-bond donors (Lipinski definition) is 1. The first-order valence-electron chi connectivity index (χ1n) is 8.86. The van der Waals surface area contributed by atoms with E-state index < -0.39 is 0 Å². The minimum Gasteiger partial charge on any atom is -0.489 e. The molecule has 0 saturated carbocycles. The number of amides is 1.